The molecule has 0 fully saturated rings. The highest BCUT2D eigenvalue weighted by Crippen LogP contribution is 2.28. The van der Waals surface area contributed by atoms with Gasteiger partial charge in [-0.05, 0) is 36.2 Å². The lowest BCUT2D eigenvalue weighted by atomic mass is 9.99. The molecule has 0 saturated heterocycles. The van der Waals surface area contributed by atoms with E-state index in [4.69, 9.17) is 4.74 Å². The van der Waals surface area contributed by atoms with Gasteiger partial charge in [-0.25, -0.2) is 0 Å². The Labute approximate surface area is 176 Å². The fraction of sp³-hybridized carbons (Fsp3) is 0.333. The summed E-state index contributed by atoms with van der Waals surface area (Å²) in [4.78, 5) is 31.4. The van der Waals surface area contributed by atoms with Crippen molar-refractivity contribution in [2.45, 2.75) is 32.9 Å². The van der Waals surface area contributed by atoms with Crippen LogP contribution in [0.25, 0.3) is 10.9 Å². The van der Waals surface area contributed by atoms with Gasteiger partial charge in [0, 0.05) is 47.2 Å². The van der Waals surface area contributed by atoms with Crippen LogP contribution in [0.4, 0.5) is 0 Å². The SMILES string of the molecule is COc1ccc(C(=O)N[C@H](C(=O)N2CCc3[nH]c4ccccc4c3C2)C(C)C)cc1. The van der Waals surface area contributed by atoms with Gasteiger partial charge in [-0.2, -0.15) is 0 Å². The number of aromatic amines is 1. The van der Waals surface area contributed by atoms with Crippen LogP contribution in [-0.2, 0) is 17.8 Å². The molecule has 1 aromatic heterocycles. The van der Waals surface area contributed by atoms with E-state index in [-0.39, 0.29) is 17.7 Å². The maximum atomic E-state index is 13.4. The maximum Gasteiger partial charge on any atom is 0.251 e. The van der Waals surface area contributed by atoms with E-state index in [9.17, 15) is 9.59 Å². The average molecular weight is 405 g/mol. The van der Waals surface area contributed by atoms with E-state index in [0.717, 1.165) is 17.3 Å². The van der Waals surface area contributed by atoms with Crippen molar-refractivity contribution < 1.29 is 14.3 Å². The normalized spacial score (nSPS) is 14.5. The molecule has 0 spiro atoms. The van der Waals surface area contributed by atoms with E-state index in [1.54, 1.807) is 31.4 Å². The number of hydrogen-bond donors (Lipinski definition) is 2. The summed E-state index contributed by atoms with van der Waals surface area (Å²) in [6.45, 7) is 5.11. The first-order valence-corrected chi connectivity index (χ1v) is 10.3. The lowest BCUT2D eigenvalue weighted by Crippen LogP contribution is -2.52. The Balaban J connectivity index is 1.51. The standard InChI is InChI=1S/C24H27N3O3/c1-15(2)22(26-23(28)16-8-10-17(30-3)11-9-16)24(29)27-13-12-21-19(14-27)18-6-4-5-7-20(18)25-21/h4-11,15,22,25H,12-14H2,1-3H3,(H,26,28)/t22-/m0/s1. The minimum Gasteiger partial charge on any atom is -0.497 e. The first-order valence-electron chi connectivity index (χ1n) is 10.3. The van der Waals surface area contributed by atoms with Gasteiger partial charge in [0.15, 0.2) is 0 Å². The van der Waals surface area contributed by atoms with Crippen LogP contribution < -0.4 is 10.1 Å². The van der Waals surface area contributed by atoms with Crippen LogP contribution in [0, 0.1) is 5.92 Å². The van der Waals surface area contributed by atoms with Crippen molar-refractivity contribution in [3.8, 4) is 5.75 Å². The van der Waals surface area contributed by atoms with Crippen LogP contribution in [-0.4, -0.2) is 41.4 Å². The molecule has 1 aliphatic rings. The summed E-state index contributed by atoms with van der Waals surface area (Å²) in [6, 6.07) is 14.5. The van der Waals surface area contributed by atoms with Crippen molar-refractivity contribution >= 4 is 22.7 Å². The van der Waals surface area contributed by atoms with Gasteiger partial charge in [0.2, 0.25) is 5.91 Å². The zero-order chi connectivity index (χ0) is 21.3. The monoisotopic (exact) mass is 405 g/mol. The third-order valence-electron chi connectivity index (χ3n) is 5.77. The third-order valence-corrected chi connectivity index (χ3v) is 5.77. The Hall–Kier alpha value is -3.28. The number of methoxy groups -OCH3 is 1. The number of benzene rings is 2. The predicted molar refractivity (Wildman–Crippen MR) is 117 cm³/mol. The molecule has 0 unspecified atom stereocenters. The minimum atomic E-state index is -0.577. The molecule has 2 aromatic carbocycles. The fourth-order valence-corrected chi connectivity index (χ4v) is 4.03. The van der Waals surface area contributed by atoms with Gasteiger partial charge in [0.25, 0.3) is 5.91 Å². The lowest BCUT2D eigenvalue weighted by molar-refractivity contribution is -0.135. The van der Waals surface area contributed by atoms with Crippen LogP contribution in [0.5, 0.6) is 5.75 Å². The van der Waals surface area contributed by atoms with Gasteiger partial charge in [0.1, 0.15) is 11.8 Å². The highest BCUT2D eigenvalue weighted by molar-refractivity contribution is 5.98. The Morgan fingerprint density at radius 1 is 1.10 bits per heavy atom. The number of carbonyl (C=O) groups excluding carboxylic acids is 2. The molecule has 0 bridgehead atoms. The first-order chi connectivity index (χ1) is 14.5. The molecule has 2 heterocycles. The van der Waals surface area contributed by atoms with E-state index in [1.165, 1.54) is 11.3 Å². The maximum absolute atomic E-state index is 13.4. The average Bonchev–Trinajstić information content (AvgIpc) is 3.14. The first kappa shape index (κ1) is 20.0. The number of aromatic nitrogens is 1. The number of fused-ring (bicyclic) bond motifs is 3. The van der Waals surface area contributed by atoms with E-state index in [0.29, 0.717) is 24.4 Å². The molecule has 0 saturated carbocycles. The molecular formula is C24H27N3O3. The Morgan fingerprint density at radius 2 is 1.83 bits per heavy atom. The largest absolute Gasteiger partial charge is 0.497 e. The predicted octanol–water partition coefficient (Wildman–Crippen LogP) is 3.52. The summed E-state index contributed by atoms with van der Waals surface area (Å²) in [5.74, 6) is 0.368. The van der Waals surface area contributed by atoms with Crippen molar-refractivity contribution in [2.75, 3.05) is 13.7 Å². The van der Waals surface area contributed by atoms with Crippen molar-refractivity contribution in [1.29, 1.82) is 0 Å². The van der Waals surface area contributed by atoms with E-state index >= 15 is 0 Å². The zero-order valence-electron chi connectivity index (χ0n) is 17.6. The second-order valence-electron chi connectivity index (χ2n) is 8.06. The smallest absolute Gasteiger partial charge is 0.251 e. The van der Waals surface area contributed by atoms with Crippen LogP contribution in [0.15, 0.2) is 48.5 Å². The number of hydrogen-bond acceptors (Lipinski definition) is 3. The summed E-state index contributed by atoms with van der Waals surface area (Å²) >= 11 is 0. The molecule has 0 aliphatic carbocycles. The number of nitrogens with zero attached hydrogens (tertiary/aromatic N) is 1. The molecule has 156 valence electrons. The van der Waals surface area contributed by atoms with Gasteiger partial charge in [0.05, 0.1) is 7.11 Å². The summed E-state index contributed by atoms with van der Waals surface area (Å²) in [5, 5.41) is 4.10. The van der Waals surface area contributed by atoms with Crippen LogP contribution in [0.1, 0.15) is 35.5 Å². The molecule has 4 rings (SSSR count). The summed E-state index contributed by atoms with van der Waals surface area (Å²) in [5.41, 5.74) is 3.98. The number of H-pyrrole nitrogens is 1. The van der Waals surface area contributed by atoms with Gasteiger partial charge < -0.3 is 19.9 Å². The molecule has 0 radical (unpaired) electrons. The topological polar surface area (TPSA) is 74.4 Å². The highest BCUT2D eigenvalue weighted by Gasteiger charge is 2.32. The van der Waals surface area contributed by atoms with Gasteiger partial charge in [-0.1, -0.05) is 32.0 Å². The van der Waals surface area contributed by atoms with E-state index in [1.807, 2.05) is 30.9 Å². The fourth-order valence-electron chi connectivity index (χ4n) is 4.03. The third kappa shape index (κ3) is 3.77. The summed E-state index contributed by atoms with van der Waals surface area (Å²) < 4.78 is 5.14. The number of rotatable bonds is 5. The number of amides is 2. The summed E-state index contributed by atoms with van der Waals surface area (Å²) in [6.07, 6.45) is 0.785. The lowest BCUT2D eigenvalue weighted by Gasteiger charge is -2.32. The van der Waals surface area contributed by atoms with Crippen molar-refractivity contribution in [3.63, 3.8) is 0 Å². The molecule has 2 N–H and O–H groups in total. The number of carbonyl (C=O) groups is 2. The quantitative estimate of drug-likeness (QED) is 0.682. The Bertz CT molecular complexity index is 1070. The number of ether oxygens (including phenoxy) is 1. The molecule has 3 aromatic rings. The van der Waals surface area contributed by atoms with Gasteiger partial charge >= 0.3 is 0 Å². The second kappa shape index (κ2) is 8.22. The molecule has 1 aliphatic heterocycles. The molecule has 30 heavy (non-hydrogen) atoms. The molecule has 6 heteroatoms. The Kier molecular flexibility index (Phi) is 5.48. The second-order valence-corrected chi connectivity index (χ2v) is 8.06. The number of para-hydroxylation sites is 1. The Morgan fingerprint density at radius 3 is 2.53 bits per heavy atom. The van der Waals surface area contributed by atoms with E-state index in [2.05, 4.69) is 22.4 Å². The summed E-state index contributed by atoms with van der Waals surface area (Å²) in [7, 11) is 1.58. The molecule has 1 atom stereocenters. The van der Waals surface area contributed by atoms with Crippen molar-refractivity contribution in [2.24, 2.45) is 5.92 Å². The van der Waals surface area contributed by atoms with Crippen LogP contribution in [0.2, 0.25) is 0 Å². The van der Waals surface area contributed by atoms with Crippen LogP contribution >= 0.6 is 0 Å². The highest BCUT2D eigenvalue weighted by atomic mass is 16.5. The molecule has 2 amide bonds. The number of nitrogens with one attached hydrogen (secondary N) is 2. The van der Waals surface area contributed by atoms with Crippen molar-refractivity contribution in [3.05, 3.63) is 65.4 Å². The van der Waals surface area contributed by atoms with Gasteiger partial charge in [-0.3, -0.25) is 9.59 Å². The van der Waals surface area contributed by atoms with E-state index < -0.39 is 6.04 Å². The van der Waals surface area contributed by atoms with Gasteiger partial charge in [-0.15, -0.1) is 0 Å². The zero-order valence-corrected chi connectivity index (χ0v) is 17.6. The molecular weight excluding hydrogens is 378 g/mol. The van der Waals surface area contributed by atoms with Crippen molar-refractivity contribution in [1.82, 2.24) is 15.2 Å². The van der Waals surface area contributed by atoms with Crippen LogP contribution in [0.3, 0.4) is 0 Å². The molecule has 6 nitrogen and oxygen atoms in total. The minimum absolute atomic E-state index is 0.0240.